The first kappa shape index (κ1) is 21.1. The molecule has 2 atom stereocenters. The molecule has 0 aromatic heterocycles. The summed E-state index contributed by atoms with van der Waals surface area (Å²) in [4.78, 5) is 47.9. The molecule has 0 bridgehead atoms. The number of halogens is 1. The summed E-state index contributed by atoms with van der Waals surface area (Å²) in [7, 11) is 0. The number of hydrogen-bond donors (Lipinski definition) is 2. The van der Waals surface area contributed by atoms with Crippen LogP contribution in [0.1, 0.15) is 30.6 Å². The molecule has 0 fully saturated rings. The maximum absolute atomic E-state index is 13.3. The van der Waals surface area contributed by atoms with Crippen LogP contribution in [-0.4, -0.2) is 43.0 Å². The molecule has 26 heavy (non-hydrogen) atoms. The second-order valence-electron chi connectivity index (χ2n) is 5.23. The highest BCUT2D eigenvalue weighted by Crippen LogP contribution is 2.15. The van der Waals surface area contributed by atoms with E-state index in [9.17, 15) is 23.6 Å². The third-order valence-electron chi connectivity index (χ3n) is 3.36. The Morgan fingerprint density at radius 3 is 2.35 bits per heavy atom. The summed E-state index contributed by atoms with van der Waals surface area (Å²) in [6, 6.07) is 3.20. The zero-order valence-electron chi connectivity index (χ0n) is 14.5. The number of benzene rings is 1. The number of nitrogens with one attached hydrogen (secondary N) is 1. The second-order valence-corrected chi connectivity index (χ2v) is 5.23. The van der Waals surface area contributed by atoms with E-state index in [2.05, 4.69) is 5.32 Å². The normalized spacial score (nSPS) is 12.6. The number of esters is 2. The fourth-order valence-electron chi connectivity index (χ4n) is 2.21. The Morgan fingerprint density at radius 1 is 1.15 bits per heavy atom. The minimum absolute atomic E-state index is 0.00147. The van der Waals surface area contributed by atoms with Crippen molar-refractivity contribution in [2.75, 3.05) is 13.2 Å². The summed E-state index contributed by atoms with van der Waals surface area (Å²) in [5, 5.41) is 2.26. The zero-order chi connectivity index (χ0) is 19.7. The quantitative estimate of drug-likeness (QED) is 0.613. The van der Waals surface area contributed by atoms with Gasteiger partial charge in [0.05, 0.1) is 25.6 Å². The molecular formula is C17H21FN2O6. The van der Waals surface area contributed by atoms with Crippen LogP contribution in [0.3, 0.4) is 0 Å². The highest BCUT2D eigenvalue weighted by atomic mass is 19.1. The van der Waals surface area contributed by atoms with Gasteiger partial charge in [-0.3, -0.25) is 19.2 Å². The minimum Gasteiger partial charge on any atom is -0.466 e. The van der Waals surface area contributed by atoms with Gasteiger partial charge in [0.25, 0.3) is 5.91 Å². The van der Waals surface area contributed by atoms with Crippen LogP contribution in [0, 0.1) is 11.7 Å². The average molecular weight is 368 g/mol. The van der Waals surface area contributed by atoms with Gasteiger partial charge in [0, 0.05) is 5.56 Å². The van der Waals surface area contributed by atoms with Crippen molar-refractivity contribution < 1.29 is 33.0 Å². The van der Waals surface area contributed by atoms with Crippen molar-refractivity contribution in [2.24, 2.45) is 11.7 Å². The van der Waals surface area contributed by atoms with Gasteiger partial charge in [-0.05, 0) is 32.0 Å². The maximum atomic E-state index is 13.3. The van der Waals surface area contributed by atoms with Crippen LogP contribution in [0.15, 0.2) is 24.3 Å². The van der Waals surface area contributed by atoms with E-state index in [0.29, 0.717) is 0 Å². The molecule has 0 aliphatic carbocycles. The molecule has 3 N–H and O–H groups in total. The number of carbonyl (C=O) groups is 4. The summed E-state index contributed by atoms with van der Waals surface area (Å²) < 4.78 is 22.9. The lowest BCUT2D eigenvalue weighted by molar-refractivity contribution is -0.156. The molecule has 1 aromatic carbocycles. The molecule has 0 saturated heterocycles. The van der Waals surface area contributed by atoms with Gasteiger partial charge in [0.2, 0.25) is 5.91 Å². The first-order valence-electron chi connectivity index (χ1n) is 7.98. The Hall–Kier alpha value is -2.97. The third-order valence-corrected chi connectivity index (χ3v) is 3.36. The summed E-state index contributed by atoms with van der Waals surface area (Å²) in [6.45, 7) is 3.20. The average Bonchev–Trinajstić information content (AvgIpc) is 2.58. The van der Waals surface area contributed by atoms with Crippen molar-refractivity contribution in [3.05, 3.63) is 35.6 Å². The van der Waals surface area contributed by atoms with Crippen LogP contribution >= 0.6 is 0 Å². The van der Waals surface area contributed by atoms with Gasteiger partial charge in [-0.2, -0.15) is 0 Å². The van der Waals surface area contributed by atoms with Crippen LogP contribution in [0.2, 0.25) is 0 Å². The first-order valence-corrected chi connectivity index (χ1v) is 7.98. The maximum Gasteiger partial charge on any atom is 0.312 e. The smallest absolute Gasteiger partial charge is 0.312 e. The molecule has 0 spiro atoms. The molecule has 8 nitrogen and oxygen atoms in total. The van der Waals surface area contributed by atoms with Gasteiger partial charge in [-0.25, -0.2) is 4.39 Å². The number of primary amides is 1. The molecular weight excluding hydrogens is 347 g/mol. The number of nitrogens with two attached hydrogens (primary N) is 1. The van der Waals surface area contributed by atoms with Gasteiger partial charge in [0.15, 0.2) is 0 Å². The highest BCUT2D eigenvalue weighted by Gasteiger charge is 2.37. The third kappa shape index (κ3) is 6.15. The summed E-state index contributed by atoms with van der Waals surface area (Å²) in [5.41, 5.74) is 5.22. The lowest BCUT2D eigenvalue weighted by Gasteiger charge is -2.23. The summed E-state index contributed by atoms with van der Waals surface area (Å²) in [5.74, 6) is -5.53. The van der Waals surface area contributed by atoms with Gasteiger partial charge in [-0.15, -0.1) is 0 Å². The first-order chi connectivity index (χ1) is 12.3. The van der Waals surface area contributed by atoms with Crippen LogP contribution in [-0.2, 0) is 23.9 Å². The Labute approximate surface area is 149 Å². The van der Waals surface area contributed by atoms with Crippen molar-refractivity contribution in [1.82, 2.24) is 5.32 Å². The Bertz CT molecular complexity index is 679. The van der Waals surface area contributed by atoms with Crippen molar-refractivity contribution in [3.63, 3.8) is 0 Å². The summed E-state index contributed by atoms with van der Waals surface area (Å²) in [6.07, 6.45) is -0.510. The van der Waals surface area contributed by atoms with E-state index in [0.717, 1.165) is 12.1 Å². The Kier molecular flexibility index (Phi) is 8.20. The number of rotatable bonds is 9. The Balaban J connectivity index is 3.06. The van der Waals surface area contributed by atoms with Crippen LogP contribution in [0.25, 0.3) is 0 Å². The van der Waals surface area contributed by atoms with Gasteiger partial charge in [-0.1, -0.05) is 6.07 Å². The second kappa shape index (κ2) is 10.1. The van der Waals surface area contributed by atoms with E-state index in [1.807, 2.05) is 0 Å². The molecule has 1 rings (SSSR count). The van der Waals surface area contributed by atoms with Crippen LogP contribution in [0.4, 0.5) is 4.39 Å². The molecule has 0 saturated carbocycles. The molecule has 0 aliphatic rings. The lowest BCUT2D eigenvalue weighted by Crippen LogP contribution is -2.52. The van der Waals surface area contributed by atoms with Crippen molar-refractivity contribution in [1.29, 1.82) is 0 Å². The molecule has 0 radical (unpaired) electrons. The molecule has 0 heterocycles. The standard InChI is InChI=1S/C17H21FN2O6/c1-3-25-13(21)9-12(17(24)26-4-2)14(15(19)22)20-16(23)10-6-5-7-11(18)8-10/h5-8,12,14H,3-4,9H2,1-2H3,(H2,19,22)(H,20,23)/t12-,14+/m1/s1. The Morgan fingerprint density at radius 2 is 1.81 bits per heavy atom. The van der Waals surface area contributed by atoms with E-state index in [1.54, 1.807) is 13.8 Å². The van der Waals surface area contributed by atoms with E-state index < -0.39 is 48.0 Å². The monoisotopic (exact) mass is 368 g/mol. The predicted octanol–water partition coefficient (Wildman–Crippen LogP) is 0.542. The number of ether oxygens (including phenoxy) is 2. The van der Waals surface area contributed by atoms with Crippen molar-refractivity contribution in [3.8, 4) is 0 Å². The minimum atomic E-state index is -1.53. The highest BCUT2D eigenvalue weighted by molar-refractivity contribution is 5.99. The number of carbonyl (C=O) groups excluding carboxylic acids is 4. The van der Waals surface area contributed by atoms with E-state index >= 15 is 0 Å². The molecule has 1 aromatic rings. The van der Waals surface area contributed by atoms with Crippen LogP contribution in [0.5, 0.6) is 0 Å². The molecule has 9 heteroatoms. The lowest BCUT2D eigenvalue weighted by atomic mass is 9.95. The largest absolute Gasteiger partial charge is 0.466 e. The van der Waals surface area contributed by atoms with Crippen LogP contribution < -0.4 is 11.1 Å². The van der Waals surface area contributed by atoms with Gasteiger partial charge < -0.3 is 20.5 Å². The molecule has 0 aliphatic heterocycles. The van der Waals surface area contributed by atoms with E-state index in [1.165, 1.54) is 12.1 Å². The topological polar surface area (TPSA) is 125 Å². The van der Waals surface area contributed by atoms with Gasteiger partial charge >= 0.3 is 11.9 Å². The fourth-order valence-corrected chi connectivity index (χ4v) is 2.21. The van der Waals surface area contributed by atoms with E-state index in [-0.39, 0.29) is 18.8 Å². The SMILES string of the molecule is CCOC(=O)C[C@@H](C(=O)OCC)[C@H](NC(=O)c1cccc(F)c1)C(N)=O. The number of amides is 2. The molecule has 0 unspecified atom stereocenters. The van der Waals surface area contributed by atoms with Gasteiger partial charge in [0.1, 0.15) is 11.9 Å². The predicted molar refractivity (Wildman–Crippen MR) is 88.2 cm³/mol. The summed E-state index contributed by atoms with van der Waals surface area (Å²) >= 11 is 0. The van der Waals surface area contributed by atoms with Crippen molar-refractivity contribution in [2.45, 2.75) is 26.3 Å². The van der Waals surface area contributed by atoms with E-state index in [4.69, 9.17) is 15.2 Å². The van der Waals surface area contributed by atoms with Crippen molar-refractivity contribution >= 4 is 23.8 Å². The number of hydrogen-bond acceptors (Lipinski definition) is 6. The fraction of sp³-hybridized carbons (Fsp3) is 0.412. The molecule has 142 valence electrons. The molecule has 2 amide bonds. The zero-order valence-corrected chi connectivity index (χ0v) is 14.5.